The van der Waals surface area contributed by atoms with Crippen molar-refractivity contribution < 1.29 is 18.8 Å². The summed E-state index contributed by atoms with van der Waals surface area (Å²) in [5.74, 6) is -1.73. The van der Waals surface area contributed by atoms with Gasteiger partial charge in [0.2, 0.25) is 5.91 Å². The Balaban J connectivity index is 1.60. The van der Waals surface area contributed by atoms with Gasteiger partial charge in [0.05, 0.1) is 16.9 Å². The molecular weight excluding hydrogens is 413 g/mol. The maximum Gasteiger partial charge on any atom is 0.271 e. The molecule has 8 nitrogen and oxygen atoms in total. The van der Waals surface area contributed by atoms with E-state index in [9.17, 15) is 18.8 Å². The van der Waals surface area contributed by atoms with Crippen molar-refractivity contribution in [3.63, 3.8) is 0 Å². The Hall–Kier alpha value is -3.75. The highest BCUT2D eigenvalue weighted by atomic mass is 19.1. The highest BCUT2D eigenvalue weighted by Crippen LogP contribution is 2.27. The van der Waals surface area contributed by atoms with Gasteiger partial charge in [-0.1, -0.05) is 12.1 Å². The third-order valence-corrected chi connectivity index (χ3v) is 5.73. The number of nitrogens with zero attached hydrogens (tertiary/aromatic N) is 3. The molecule has 2 aromatic rings. The molecule has 166 valence electrons. The van der Waals surface area contributed by atoms with E-state index in [1.807, 2.05) is 13.0 Å². The van der Waals surface area contributed by atoms with Gasteiger partial charge in [0.15, 0.2) is 0 Å². The molecule has 2 aromatic carbocycles. The molecule has 2 aliphatic rings. The molecule has 4 rings (SSSR count). The van der Waals surface area contributed by atoms with Gasteiger partial charge in [0.1, 0.15) is 17.6 Å². The van der Waals surface area contributed by atoms with E-state index in [4.69, 9.17) is 5.73 Å². The van der Waals surface area contributed by atoms with E-state index in [-0.39, 0.29) is 18.0 Å². The number of primary amides is 1. The van der Waals surface area contributed by atoms with Gasteiger partial charge in [-0.15, -0.1) is 0 Å². The van der Waals surface area contributed by atoms with E-state index in [1.54, 1.807) is 17.0 Å². The summed E-state index contributed by atoms with van der Waals surface area (Å²) < 4.78 is 13.3. The average molecular weight is 437 g/mol. The van der Waals surface area contributed by atoms with E-state index < -0.39 is 23.7 Å². The fourth-order valence-corrected chi connectivity index (χ4v) is 3.99. The van der Waals surface area contributed by atoms with E-state index in [1.165, 1.54) is 29.3 Å². The van der Waals surface area contributed by atoms with Crippen LogP contribution < -0.4 is 16.1 Å². The second-order valence-electron chi connectivity index (χ2n) is 7.94. The number of amides is 3. The van der Waals surface area contributed by atoms with Gasteiger partial charge < -0.3 is 16.0 Å². The number of benzene rings is 2. The Kier molecular flexibility index (Phi) is 5.89. The zero-order valence-electron chi connectivity index (χ0n) is 17.7. The van der Waals surface area contributed by atoms with Gasteiger partial charge in [-0.2, -0.15) is 5.10 Å². The number of likely N-dealkylation sites (tertiary alicyclic amines) is 1. The molecule has 0 saturated carbocycles. The highest BCUT2D eigenvalue weighted by molar-refractivity contribution is 6.44. The molecule has 9 heteroatoms. The predicted molar refractivity (Wildman–Crippen MR) is 119 cm³/mol. The van der Waals surface area contributed by atoms with Crippen molar-refractivity contribution in [3.05, 3.63) is 59.4 Å². The monoisotopic (exact) mass is 437 g/mol. The summed E-state index contributed by atoms with van der Waals surface area (Å²) in [6, 6.07) is 9.81. The van der Waals surface area contributed by atoms with Crippen LogP contribution in [-0.4, -0.2) is 47.5 Å². The third kappa shape index (κ3) is 4.18. The molecule has 2 heterocycles. The largest absolute Gasteiger partial charge is 0.368 e. The third-order valence-electron chi connectivity index (χ3n) is 5.73. The number of hydrogen-bond donors (Lipinski definition) is 2. The molecule has 0 bridgehead atoms. The van der Waals surface area contributed by atoms with Crippen molar-refractivity contribution in [1.82, 2.24) is 4.90 Å². The molecule has 0 aromatic heterocycles. The second kappa shape index (κ2) is 8.78. The van der Waals surface area contributed by atoms with Crippen LogP contribution >= 0.6 is 0 Å². The average Bonchev–Trinajstić information content (AvgIpc) is 3.46. The van der Waals surface area contributed by atoms with E-state index in [0.29, 0.717) is 30.0 Å². The number of hydrazone groups is 1. The summed E-state index contributed by atoms with van der Waals surface area (Å²) in [5, 5.41) is 8.42. The zero-order chi connectivity index (χ0) is 22.8. The number of anilines is 2. The maximum atomic E-state index is 13.3. The summed E-state index contributed by atoms with van der Waals surface area (Å²) in [7, 11) is 0. The Bertz CT molecular complexity index is 1090. The van der Waals surface area contributed by atoms with Crippen molar-refractivity contribution >= 4 is 34.8 Å². The van der Waals surface area contributed by atoms with Crippen molar-refractivity contribution in [2.75, 3.05) is 23.4 Å². The van der Waals surface area contributed by atoms with Gasteiger partial charge in [0, 0.05) is 19.5 Å². The molecule has 32 heavy (non-hydrogen) atoms. The van der Waals surface area contributed by atoms with E-state index in [2.05, 4.69) is 10.4 Å². The number of nitrogens with two attached hydrogens (primary N) is 1. The lowest BCUT2D eigenvalue weighted by Gasteiger charge is -2.20. The Labute approximate surface area is 184 Å². The standard InChI is InChI=1S/C23H24FN5O3/c1-14-5-4-6-17(23(32)28-11-2-3-12-28)20(14)26-22(31)18-13-19(21(25)30)29(27-18)16-9-7-15(24)8-10-16/h4-10,19H,2-3,11-13H2,1H3,(H2,25,30)(H,26,31). The molecule has 1 saturated heterocycles. The van der Waals surface area contributed by atoms with Crippen LogP contribution in [0.2, 0.25) is 0 Å². The molecular formula is C23H24FN5O3. The molecule has 0 spiro atoms. The van der Waals surface area contributed by atoms with Gasteiger partial charge in [-0.3, -0.25) is 19.4 Å². The summed E-state index contributed by atoms with van der Waals surface area (Å²) in [6.07, 6.45) is 1.92. The van der Waals surface area contributed by atoms with Gasteiger partial charge >= 0.3 is 0 Å². The lowest BCUT2D eigenvalue weighted by Crippen LogP contribution is -2.39. The minimum atomic E-state index is -0.871. The smallest absolute Gasteiger partial charge is 0.271 e. The highest BCUT2D eigenvalue weighted by Gasteiger charge is 2.35. The lowest BCUT2D eigenvalue weighted by molar-refractivity contribution is -0.119. The first-order chi connectivity index (χ1) is 15.3. The Morgan fingerprint density at radius 2 is 1.78 bits per heavy atom. The summed E-state index contributed by atoms with van der Waals surface area (Å²) in [6.45, 7) is 3.20. The molecule has 1 atom stereocenters. The van der Waals surface area contributed by atoms with Gasteiger partial charge in [0.25, 0.3) is 11.8 Å². The summed E-state index contributed by atoms with van der Waals surface area (Å²) >= 11 is 0. The molecule has 3 N–H and O–H groups in total. The second-order valence-corrected chi connectivity index (χ2v) is 7.94. The molecule has 0 aliphatic carbocycles. The first kappa shape index (κ1) is 21.5. The number of para-hydroxylation sites is 1. The Morgan fingerprint density at radius 3 is 2.44 bits per heavy atom. The number of carbonyl (C=O) groups is 3. The quantitative estimate of drug-likeness (QED) is 0.749. The zero-order valence-corrected chi connectivity index (χ0v) is 17.7. The number of carbonyl (C=O) groups excluding carboxylic acids is 3. The number of halogens is 1. The van der Waals surface area contributed by atoms with Crippen molar-refractivity contribution in [2.24, 2.45) is 10.8 Å². The molecule has 1 unspecified atom stereocenters. The fourth-order valence-electron chi connectivity index (χ4n) is 3.99. The first-order valence-electron chi connectivity index (χ1n) is 10.5. The van der Waals surface area contributed by atoms with Crippen molar-refractivity contribution in [1.29, 1.82) is 0 Å². The molecule has 1 fully saturated rings. The fraction of sp³-hybridized carbons (Fsp3) is 0.304. The summed E-state index contributed by atoms with van der Waals surface area (Å²) in [4.78, 5) is 39.8. The molecule has 0 radical (unpaired) electrons. The Morgan fingerprint density at radius 1 is 1.09 bits per heavy atom. The van der Waals surface area contributed by atoms with Gasteiger partial charge in [-0.25, -0.2) is 4.39 Å². The normalized spacial score (nSPS) is 17.9. The van der Waals surface area contributed by atoms with Crippen LogP contribution in [0.4, 0.5) is 15.8 Å². The first-order valence-corrected chi connectivity index (χ1v) is 10.5. The summed E-state index contributed by atoms with van der Waals surface area (Å²) in [5.41, 5.74) is 7.64. The van der Waals surface area contributed by atoms with Crippen LogP contribution in [0, 0.1) is 12.7 Å². The lowest BCUT2D eigenvalue weighted by atomic mass is 10.1. The predicted octanol–water partition coefficient (Wildman–Crippen LogP) is 2.43. The van der Waals surface area contributed by atoms with Crippen molar-refractivity contribution in [3.8, 4) is 0 Å². The maximum absolute atomic E-state index is 13.3. The number of hydrogen-bond acceptors (Lipinski definition) is 5. The number of rotatable bonds is 5. The van der Waals surface area contributed by atoms with Crippen LogP contribution in [0.1, 0.15) is 35.2 Å². The number of nitrogens with one attached hydrogen (secondary N) is 1. The number of aryl methyl sites for hydroxylation is 1. The van der Waals surface area contributed by atoms with E-state index in [0.717, 1.165) is 18.4 Å². The topological polar surface area (TPSA) is 108 Å². The van der Waals surface area contributed by atoms with Gasteiger partial charge in [-0.05, 0) is 55.7 Å². The minimum Gasteiger partial charge on any atom is -0.368 e. The van der Waals surface area contributed by atoms with Crippen LogP contribution in [-0.2, 0) is 9.59 Å². The van der Waals surface area contributed by atoms with Crippen LogP contribution in [0.15, 0.2) is 47.6 Å². The van der Waals surface area contributed by atoms with Crippen LogP contribution in [0.5, 0.6) is 0 Å². The molecule has 2 aliphatic heterocycles. The molecule has 3 amide bonds. The van der Waals surface area contributed by atoms with E-state index >= 15 is 0 Å². The van der Waals surface area contributed by atoms with Crippen LogP contribution in [0.3, 0.4) is 0 Å². The SMILES string of the molecule is Cc1cccc(C(=O)N2CCCC2)c1NC(=O)C1=NN(c2ccc(F)cc2)C(C(N)=O)C1. The van der Waals surface area contributed by atoms with Crippen LogP contribution in [0.25, 0.3) is 0 Å². The minimum absolute atomic E-state index is 0.000170. The van der Waals surface area contributed by atoms with Crippen molar-refractivity contribution in [2.45, 2.75) is 32.2 Å².